The third-order valence-corrected chi connectivity index (χ3v) is 2.65. The van der Waals surface area contributed by atoms with Crippen LogP contribution in [0.15, 0.2) is 42.9 Å². The molecule has 0 bridgehead atoms. The van der Waals surface area contributed by atoms with Crippen LogP contribution in [0, 0.1) is 0 Å². The molecule has 0 saturated heterocycles. The first-order valence-corrected chi connectivity index (χ1v) is 5.26. The van der Waals surface area contributed by atoms with Crippen LogP contribution in [0.4, 0.5) is 0 Å². The molecule has 16 heavy (non-hydrogen) atoms. The van der Waals surface area contributed by atoms with Crippen LogP contribution in [-0.2, 0) is 0 Å². The molecule has 3 nitrogen and oxygen atoms in total. The summed E-state index contributed by atoms with van der Waals surface area (Å²) in [6, 6.07) is 7.70. The van der Waals surface area contributed by atoms with E-state index in [1.54, 1.807) is 12.4 Å². The average molecular weight is 230 g/mol. The molecule has 4 heteroatoms. The first-order chi connectivity index (χ1) is 7.84. The molecule has 3 heterocycles. The first kappa shape index (κ1) is 9.36. The van der Waals surface area contributed by atoms with E-state index in [4.69, 9.17) is 11.6 Å². The molecule has 0 atom stereocenters. The molecule has 1 N–H and O–H groups in total. The molecule has 0 aliphatic carbocycles. The summed E-state index contributed by atoms with van der Waals surface area (Å²) in [5, 5.41) is 1.62. The van der Waals surface area contributed by atoms with E-state index in [-0.39, 0.29) is 0 Å². The summed E-state index contributed by atoms with van der Waals surface area (Å²) >= 11 is 5.94. The zero-order valence-corrected chi connectivity index (χ0v) is 9.07. The highest BCUT2D eigenvalue weighted by molar-refractivity contribution is 6.31. The van der Waals surface area contributed by atoms with Crippen LogP contribution in [-0.4, -0.2) is 15.0 Å². The average Bonchev–Trinajstić information content (AvgIpc) is 2.73. The summed E-state index contributed by atoms with van der Waals surface area (Å²) < 4.78 is 0. The number of pyridine rings is 2. The lowest BCUT2D eigenvalue weighted by molar-refractivity contribution is 1.32. The summed E-state index contributed by atoms with van der Waals surface area (Å²) in [6.07, 6.45) is 5.30. The summed E-state index contributed by atoms with van der Waals surface area (Å²) in [5.74, 6) is 0. The summed E-state index contributed by atoms with van der Waals surface area (Å²) in [6.45, 7) is 0. The molecule has 3 aromatic heterocycles. The predicted molar refractivity (Wildman–Crippen MR) is 64.3 cm³/mol. The fourth-order valence-corrected chi connectivity index (χ4v) is 1.87. The van der Waals surface area contributed by atoms with Crippen LogP contribution in [0.3, 0.4) is 0 Å². The maximum absolute atomic E-state index is 5.94. The van der Waals surface area contributed by atoms with E-state index >= 15 is 0 Å². The lowest BCUT2D eigenvalue weighted by Gasteiger charge is -1.97. The summed E-state index contributed by atoms with van der Waals surface area (Å²) in [5.41, 5.74) is 2.76. The van der Waals surface area contributed by atoms with E-state index in [9.17, 15) is 0 Å². The van der Waals surface area contributed by atoms with E-state index in [2.05, 4.69) is 15.0 Å². The monoisotopic (exact) mass is 229 g/mol. The van der Waals surface area contributed by atoms with Gasteiger partial charge in [0.15, 0.2) is 0 Å². The van der Waals surface area contributed by atoms with Crippen molar-refractivity contribution in [1.29, 1.82) is 0 Å². The summed E-state index contributed by atoms with van der Waals surface area (Å²) in [7, 11) is 0. The van der Waals surface area contributed by atoms with Crippen molar-refractivity contribution >= 4 is 22.6 Å². The third kappa shape index (κ3) is 1.46. The second kappa shape index (κ2) is 3.61. The second-order valence-corrected chi connectivity index (χ2v) is 3.90. The molecule has 78 valence electrons. The topological polar surface area (TPSA) is 41.6 Å². The minimum Gasteiger partial charge on any atom is -0.345 e. The van der Waals surface area contributed by atoms with E-state index in [1.807, 2.05) is 30.5 Å². The molecule has 0 saturated carbocycles. The number of H-pyrrole nitrogens is 1. The highest BCUT2D eigenvalue weighted by atomic mass is 35.5. The van der Waals surface area contributed by atoms with Crippen LogP contribution in [0.25, 0.3) is 22.3 Å². The number of hydrogen-bond acceptors (Lipinski definition) is 2. The van der Waals surface area contributed by atoms with Gasteiger partial charge in [-0.1, -0.05) is 17.7 Å². The largest absolute Gasteiger partial charge is 0.345 e. The van der Waals surface area contributed by atoms with Gasteiger partial charge in [-0.2, -0.15) is 0 Å². The van der Waals surface area contributed by atoms with Crippen LogP contribution in [0.2, 0.25) is 5.02 Å². The minimum absolute atomic E-state index is 0.629. The molecule has 0 spiro atoms. The number of hydrogen-bond donors (Lipinski definition) is 1. The van der Waals surface area contributed by atoms with Gasteiger partial charge < -0.3 is 4.98 Å². The zero-order chi connectivity index (χ0) is 11.0. The predicted octanol–water partition coefficient (Wildman–Crippen LogP) is 3.28. The number of rotatable bonds is 1. The fraction of sp³-hybridized carbons (Fsp3) is 0. The van der Waals surface area contributed by atoms with Gasteiger partial charge in [0.2, 0.25) is 0 Å². The smallest absolute Gasteiger partial charge is 0.138 e. The Bertz CT molecular complexity index is 631. The standard InChI is InChI=1S/C12H8ClN3/c13-8-5-9-10(7-16-12(9)15-6-8)11-3-1-2-4-14-11/h1-7H,(H,15,16). The van der Waals surface area contributed by atoms with Crippen LogP contribution >= 0.6 is 11.6 Å². The lowest BCUT2D eigenvalue weighted by atomic mass is 10.1. The van der Waals surface area contributed by atoms with E-state index < -0.39 is 0 Å². The molecule has 0 fully saturated rings. The van der Waals surface area contributed by atoms with Gasteiger partial charge in [-0.15, -0.1) is 0 Å². The maximum Gasteiger partial charge on any atom is 0.138 e. The molecule has 3 rings (SSSR count). The Morgan fingerprint density at radius 2 is 2.12 bits per heavy atom. The number of aromatic amines is 1. The maximum atomic E-state index is 5.94. The quantitative estimate of drug-likeness (QED) is 0.696. The first-order valence-electron chi connectivity index (χ1n) is 4.88. The summed E-state index contributed by atoms with van der Waals surface area (Å²) in [4.78, 5) is 11.6. The minimum atomic E-state index is 0.629. The molecular formula is C12H8ClN3. The Balaban J connectivity index is 2.29. The van der Waals surface area contributed by atoms with Gasteiger partial charge in [0, 0.05) is 29.5 Å². The second-order valence-electron chi connectivity index (χ2n) is 3.47. The zero-order valence-electron chi connectivity index (χ0n) is 8.31. The van der Waals surface area contributed by atoms with E-state index in [1.165, 1.54) is 0 Å². The molecule has 0 aliphatic rings. The fourth-order valence-electron chi connectivity index (χ4n) is 1.71. The van der Waals surface area contributed by atoms with Gasteiger partial charge >= 0.3 is 0 Å². The highest BCUT2D eigenvalue weighted by Gasteiger charge is 2.07. The van der Waals surface area contributed by atoms with Crippen LogP contribution < -0.4 is 0 Å². The Morgan fingerprint density at radius 1 is 1.19 bits per heavy atom. The van der Waals surface area contributed by atoms with Crippen molar-refractivity contribution in [2.75, 3.05) is 0 Å². The Hall–Kier alpha value is -1.87. The van der Waals surface area contributed by atoms with Gasteiger partial charge in [-0.25, -0.2) is 4.98 Å². The number of nitrogens with one attached hydrogen (secondary N) is 1. The third-order valence-electron chi connectivity index (χ3n) is 2.44. The molecule has 0 amide bonds. The number of aromatic nitrogens is 3. The number of fused-ring (bicyclic) bond motifs is 1. The molecule has 0 radical (unpaired) electrons. The Morgan fingerprint density at radius 3 is 2.94 bits per heavy atom. The van der Waals surface area contributed by atoms with Crippen molar-refractivity contribution in [3.8, 4) is 11.3 Å². The van der Waals surface area contributed by atoms with Gasteiger partial charge in [-0.05, 0) is 18.2 Å². The Labute approximate surface area is 97.1 Å². The number of halogens is 1. The van der Waals surface area contributed by atoms with E-state index in [0.29, 0.717) is 5.02 Å². The van der Waals surface area contributed by atoms with Crippen LogP contribution in [0.5, 0.6) is 0 Å². The molecule has 3 aromatic rings. The molecule has 0 aromatic carbocycles. The molecule has 0 aliphatic heterocycles. The van der Waals surface area contributed by atoms with Gasteiger partial charge in [0.25, 0.3) is 0 Å². The van der Waals surface area contributed by atoms with Gasteiger partial charge in [0.05, 0.1) is 10.7 Å². The Kier molecular flexibility index (Phi) is 2.11. The van der Waals surface area contributed by atoms with Crippen molar-refractivity contribution in [2.24, 2.45) is 0 Å². The lowest BCUT2D eigenvalue weighted by Crippen LogP contribution is -1.80. The van der Waals surface area contributed by atoms with Crippen molar-refractivity contribution < 1.29 is 0 Å². The van der Waals surface area contributed by atoms with Crippen molar-refractivity contribution in [3.05, 3.63) is 47.9 Å². The number of nitrogens with zero attached hydrogens (tertiary/aromatic N) is 2. The highest BCUT2D eigenvalue weighted by Crippen LogP contribution is 2.27. The van der Waals surface area contributed by atoms with Crippen molar-refractivity contribution in [1.82, 2.24) is 15.0 Å². The molecular weight excluding hydrogens is 222 g/mol. The van der Waals surface area contributed by atoms with Gasteiger partial charge in [0.1, 0.15) is 5.65 Å². The van der Waals surface area contributed by atoms with E-state index in [0.717, 1.165) is 22.3 Å². The SMILES string of the molecule is Clc1cnc2[nH]cc(-c3ccccn3)c2c1. The normalized spacial score (nSPS) is 10.8. The molecule has 0 unspecified atom stereocenters. The van der Waals surface area contributed by atoms with Crippen molar-refractivity contribution in [3.63, 3.8) is 0 Å². The van der Waals surface area contributed by atoms with Crippen molar-refractivity contribution in [2.45, 2.75) is 0 Å². The van der Waals surface area contributed by atoms with Gasteiger partial charge in [-0.3, -0.25) is 4.98 Å². The van der Waals surface area contributed by atoms with Crippen LogP contribution in [0.1, 0.15) is 0 Å².